The molecule has 0 radical (unpaired) electrons. The largest absolute Gasteiger partial charge is 0.312 e. The van der Waals surface area contributed by atoms with E-state index in [0.717, 1.165) is 6.54 Å². The number of aryl methyl sites for hydroxylation is 1. The normalized spacial score (nSPS) is 16.4. The van der Waals surface area contributed by atoms with Crippen LogP contribution in [0.1, 0.15) is 24.2 Å². The van der Waals surface area contributed by atoms with E-state index in [1.807, 2.05) is 0 Å². The third-order valence-corrected chi connectivity index (χ3v) is 4.09. The number of hydrogen-bond acceptors (Lipinski definition) is 4. The molecule has 0 unspecified atom stereocenters. The van der Waals surface area contributed by atoms with Crippen LogP contribution in [0.25, 0.3) is 0 Å². The molecule has 96 valence electrons. The molecule has 17 heavy (non-hydrogen) atoms. The van der Waals surface area contributed by atoms with E-state index in [4.69, 9.17) is 5.14 Å². The Morgan fingerprint density at radius 2 is 2.12 bits per heavy atom. The lowest BCUT2D eigenvalue weighted by atomic mass is 10.4. The molecule has 2 rings (SSSR count). The van der Waals surface area contributed by atoms with Crippen LogP contribution in [0.5, 0.6) is 0 Å². The number of nitrogens with zero attached hydrogens (tertiary/aromatic N) is 2. The van der Waals surface area contributed by atoms with Gasteiger partial charge in [-0.3, -0.25) is 4.68 Å². The van der Waals surface area contributed by atoms with Crippen LogP contribution in [-0.4, -0.2) is 30.8 Å². The van der Waals surface area contributed by atoms with Gasteiger partial charge in [0, 0.05) is 12.6 Å². The van der Waals surface area contributed by atoms with Crippen molar-refractivity contribution >= 4 is 10.0 Å². The van der Waals surface area contributed by atoms with Crippen molar-refractivity contribution in [2.24, 2.45) is 5.14 Å². The summed E-state index contributed by atoms with van der Waals surface area (Å²) in [7, 11) is -3.68. The topological polar surface area (TPSA) is 90.0 Å². The number of rotatable bonds is 5. The van der Waals surface area contributed by atoms with Crippen molar-refractivity contribution in [1.82, 2.24) is 15.1 Å². The predicted octanol–water partition coefficient (Wildman–Crippen LogP) is -0.101. The van der Waals surface area contributed by atoms with E-state index in [1.54, 1.807) is 18.5 Å². The van der Waals surface area contributed by atoms with E-state index in [2.05, 4.69) is 10.4 Å². The molecule has 1 aliphatic carbocycles. The van der Waals surface area contributed by atoms with Crippen molar-refractivity contribution in [2.75, 3.05) is 6.54 Å². The molecule has 6 nitrogen and oxygen atoms in total. The predicted molar refractivity (Wildman–Crippen MR) is 64.1 cm³/mol. The molecular weight excluding hydrogens is 240 g/mol. The number of sulfonamides is 1. The lowest BCUT2D eigenvalue weighted by molar-refractivity contribution is 0.539. The van der Waals surface area contributed by atoms with Gasteiger partial charge in [-0.15, -0.1) is 0 Å². The number of nitrogens with two attached hydrogens (primary N) is 1. The summed E-state index contributed by atoms with van der Waals surface area (Å²) in [6, 6.07) is 0.643. The Morgan fingerprint density at radius 3 is 2.59 bits per heavy atom. The Kier molecular flexibility index (Phi) is 3.24. The van der Waals surface area contributed by atoms with E-state index >= 15 is 0 Å². The molecule has 0 atom stereocenters. The Hall–Kier alpha value is -0.920. The summed E-state index contributed by atoms with van der Waals surface area (Å²) < 4.78 is 24.5. The van der Waals surface area contributed by atoms with E-state index in [0.29, 0.717) is 24.0 Å². The highest BCUT2D eigenvalue weighted by molar-refractivity contribution is 7.89. The molecule has 0 amide bonds. The van der Waals surface area contributed by atoms with Gasteiger partial charge >= 0.3 is 0 Å². The molecule has 0 aromatic carbocycles. The fourth-order valence-electron chi connectivity index (χ4n) is 1.97. The smallest absolute Gasteiger partial charge is 0.241 e. The standard InChI is InChI=1S/C10H18N4O2S/c1-7-10(17(11,15)16)8(2)14(13-7)6-5-12-9-3-4-9/h9,12H,3-6H2,1-2H3,(H2,11,15,16). The summed E-state index contributed by atoms with van der Waals surface area (Å²) in [4.78, 5) is 0.156. The quantitative estimate of drug-likeness (QED) is 0.771. The average molecular weight is 258 g/mol. The average Bonchev–Trinajstić information content (AvgIpc) is 2.93. The van der Waals surface area contributed by atoms with Crippen molar-refractivity contribution < 1.29 is 8.42 Å². The van der Waals surface area contributed by atoms with Crippen molar-refractivity contribution in [3.05, 3.63) is 11.4 Å². The fourth-order valence-corrected chi connectivity index (χ4v) is 2.94. The monoisotopic (exact) mass is 258 g/mol. The molecule has 0 saturated heterocycles. The zero-order valence-electron chi connectivity index (χ0n) is 10.1. The minimum Gasteiger partial charge on any atom is -0.312 e. The van der Waals surface area contributed by atoms with Gasteiger partial charge in [0.25, 0.3) is 0 Å². The first-order valence-corrected chi connectivity index (χ1v) is 7.24. The number of primary sulfonamides is 1. The number of nitrogens with one attached hydrogen (secondary N) is 1. The summed E-state index contributed by atoms with van der Waals surface area (Å²) in [5.74, 6) is 0. The Labute approximate surface area is 101 Å². The molecule has 0 bridgehead atoms. The van der Waals surface area contributed by atoms with Crippen molar-refractivity contribution in [1.29, 1.82) is 0 Å². The van der Waals surface area contributed by atoms with Crippen LogP contribution in [0.3, 0.4) is 0 Å². The second-order valence-electron chi connectivity index (χ2n) is 4.50. The number of hydrogen-bond donors (Lipinski definition) is 2. The summed E-state index contributed by atoms with van der Waals surface area (Å²) in [6.45, 7) is 4.86. The molecule has 3 N–H and O–H groups in total. The fraction of sp³-hybridized carbons (Fsp3) is 0.700. The van der Waals surface area contributed by atoms with Gasteiger partial charge in [-0.2, -0.15) is 5.10 Å². The molecule has 1 saturated carbocycles. The zero-order chi connectivity index (χ0) is 12.6. The lowest BCUT2D eigenvalue weighted by Crippen LogP contribution is -2.23. The first-order valence-electron chi connectivity index (χ1n) is 5.70. The molecule has 1 fully saturated rings. The van der Waals surface area contributed by atoms with Gasteiger partial charge < -0.3 is 5.32 Å². The highest BCUT2D eigenvalue weighted by Crippen LogP contribution is 2.19. The van der Waals surface area contributed by atoms with Crippen LogP contribution in [0.4, 0.5) is 0 Å². The highest BCUT2D eigenvalue weighted by atomic mass is 32.2. The van der Waals surface area contributed by atoms with Crippen LogP contribution in [-0.2, 0) is 16.6 Å². The second kappa shape index (κ2) is 4.40. The second-order valence-corrected chi connectivity index (χ2v) is 5.99. The maximum atomic E-state index is 11.4. The van der Waals surface area contributed by atoms with Crippen LogP contribution in [0.2, 0.25) is 0 Å². The van der Waals surface area contributed by atoms with Crippen molar-refractivity contribution in [3.8, 4) is 0 Å². The van der Waals surface area contributed by atoms with Gasteiger partial charge in [0.2, 0.25) is 10.0 Å². The Balaban J connectivity index is 2.12. The van der Waals surface area contributed by atoms with Gasteiger partial charge in [0.1, 0.15) is 4.90 Å². The van der Waals surface area contributed by atoms with E-state index < -0.39 is 10.0 Å². The molecule has 1 aromatic rings. The van der Waals surface area contributed by atoms with Gasteiger partial charge in [0.05, 0.1) is 17.9 Å². The lowest BCUT2D eigenvalue weighted by Gasteiger charge is -2.05. The minimum atomic E-state index is -3.68. The molecule has 0 aliphatic heterocycles. The summed E-state index contributed by atoms with van der Waals surface area (Å²) in [6.07, 6.45) is 2.47. The first-order chi connectivity index (χ1) is 7.89. The van der Waals surface area contributed by atoms with E-state index in [-0.39, 0.29) is 4.90 Å². The maximum Gasteiger partial charge on any atom is 0.241 e. The van der Waals surface area contributed by atoms with E-state index in [1.165, 1.54) is 12.8 Å². The Bertz CT molecular complexity index is 517. The number of aromatic nitrogens is 2. The first kappa shape index (κ1) is 12.5. The summed E-state index contributed by atoms with van der Waals surface area (Å²) >= 11 is 0. The van der Waals surface area contributed by atoms with Crippen LogP contribution in [0.15, 0.2) is 4.90 Å². The van der Waals surface area contributed by atoms with Crippen LogP contribution >= 0.6 is 0 Å². The van der Waals surface area contributed by atoms with E-state index in [9.17, 15) is 8.42 Å². The van der Waals surface area contributed by atoms with Crippen LogP contribution < -0.4 is 10.5 Å². The Morgan fingerprint density at radius 1 is 1.47 bits per heavy atom. The SMILES string of the molecule is Cc1nn(CCNC2CC2)c(C)c1S(N)(=O)=O. The van der Waals surface area contributed by atoms with Crippen molar-refractivity contribution in [2.45, 2.75) is 44.2 Å². The van der Waals surface area contributed by atoms with Gasteiger partial charge in [0.15, 0.2) is 0 Å². The summed E-state index contributed by atoms with van der Waals surface area (Å²) in [5, 5.41) is 12.7. The zero-order valence-corrected chi connectivity index (χ0v) is 10.9. The van der Waals surface area contributed by atoms with Gasteiger partial charge in [-0.05, 0) is 26.7 Å². The van der Waals surface area contributed by atoms with Gasteiger partial charge in [-0.1, -0.05) is 0 Å². The van der Waals surface area contributed by atoms with Crippen LogP contribution in [0, 0.1) is 13.8 Å². The third kappa shape index (κ3) is 2.85. The molecular formula is C10H18N4O2S. The molecule has 1 aliphatic rings. The molecule has 7 heteroatoms. The molecule has 1 aromatic heterocycles. The summed E-state index contributed by atoms with van der Waals surface area (Å²) in [5.41, 5.74) is 1.08. The highest BCUT2D eigenvalue weighted by Gasteiger charge is 2.22. The van der Waals surface area contributed by atoms with Gasteiger partial charge in [-0.25, -0.2) is 13.6 Å². The van der Waals surface area contributed by atoms with Crippen molar-refractivity contribution in [3.63, 3.8) is 0 Å². The minimum absolute atomic E-state index is 0.156. The molecule has 0 spiro atoms. The maximum absolute atomic E-state index is 11.4. The third-order valence-electron chi connectivity index (χ3n) is 2.93. The molecule has 1 heterocycles.